The predicted molar refractivity (Wildman–Crippen MR) is 58.7 cm³/mol. The van der Waals surface area contributed by atoms with E-state index in [4.69, 9.17) is 0 Å². The van der Waals surface area contributed by atoms with Crippen molar-refractivity contribution in [2.45, 2.75) is 0 Å². The minimum absolute atomic E-state index is 0.0774. The Morgan fingerprint density at radius 3 is 2.21 bits per heavy atom. The Kier molecular flexibility index (Phi) is 2.61. The number of allylic oxidation sites excluding steroid dienone is 5. The van der Waals surface area contributed by atoms with E-state index < -0.39 is 0 Å². The van der Waals surface area contributed by atoms with Gasteiger partial charge >= 0.3 is 0 Å². The lowest BCUT2D eigenvalue weighted by atomic mass is 10.0. The van der Waals surface area contributed by atoms with Gasteiger partial charge in [0.1, 0.15) is 0 Å². The summed E-state index contributed by atoms with van der Waals surface area (Å²) in [5.74, 6) is 0. The first-order valence-corrected chi connectivity index (χ1v) is 4.66. The molecular formula is C13H12O. The zero-order chi connectivity index (χ0) is 9.80. The zero-order valence-corrected chi connectivity index (χ0v) is 7.85. The molecule has 0 aromatic heterocycles. The van der Waals surface area contributed by atoms with E-state index in [-0.39, 0.29) is 6.61 Å². The Labute approximate surface area is 83.7 Å². The summed E-state index contributed by atoms with van der Waals surface area (Å²) in [6.07, 6.45) is 7.99. The first-order valence-electron chi connectivity index (χ1n) is 4.66. The van der Waals surface area contributed by atoms with Crippen LogP contribution >= 0.6 is 0 Å². The molecule has 2 rings (SSSR count). The summed E-state index contributed by atoms with van der Waals surface area (Å²) in [7, 11) is 0. The van der Waals surface area contributed by atoms with E-state index in [9.17, 15) is 5.11 Å². The van der Waals surface area contributed by atoms with Crippen LogP contribution in [0.1, 0.15) is 5.56 Å². The molecule has 0 spiro atoms. The molecule has 0 saturated heterocycles. The molecule has 1 heteroatoms. The van der Waals surface area contributed by atoms with Crippen molar-refractivity contribution >= 4 is 5.57 Å². The van der Waals surface area contributed by atoms with Crippen LogP contribution in [0.25, 0.3) is 5.57 Å². The number of hydrogen-bond donors (Lipinski definition) is 1. The molecule has 0 amide bonds. The van der Waals surface area contributed by atoms with Gasteiger partial charge in [0.2, 0.25) is 0 Å². The zero-order valence-electron chi connectivity index (χ0n) is 7.85. The van der Waals surface area contributed by atoms with E-state index in [1.807, 2.05) is 54.6 Å². The first-order chi connectivity index (χ1) is 6.92. The summed E-state index contributed by atoms with van der Waals surface area (Å²) in [5.41, 5.74) is 3.16. The van der Waals surface area contributed by atoms with Gasteiger partial charge in [-0.15, -0.1) is 0 Å². The molecule has 0 heterocycles. The van der Waals surface area contributed by atoms with E-state index in [1.165, 1.54) is 0 Å². The van der Waals surface area contributed by atoms with Crippen LogP contribution in [0.3, 0.4) is 0 Å². The maximum Gasteiger partial charge on any atom is 0.0693 e. The van der Waals surface area contributed by atoms with Gasteiger partial charge in [-0.05, 0) is 16.7 Å². The number of aliphatic hydroxyl groups excluding tert-OH is 1. The van der Waals surface area contributed by atoms with Crippen LogP contribution in [0.5, 0.6) is 0 Å². The normalized spacial score (nSPS) is 13.6. The standard InChI is InChI=1S/C13H12O/c14-10-13(12-8-4-5-9-12)11-6-2-1-3-7-11/h1-9,14H,10H2. The highest BCUT2D eigenvalue weighted by atomic mass is 16.3. The van der Waals surface area contributed by atoms with Gasteiger partial charge in [0, 0.05) is 0 Å². The monoisotopic (exact) mass is 184 g/mol. The Balaban J connectivity index is 2.45. The van der Waals surface area contributed by atoms with E-state index in [0.717, 1.165) is 16.7 Å². The van der Waals surface area contributed by atoms with E-state index in [2.05, 4.69) is 0 Å². The SMILES string of the molecule is OCC(=C1C=CC=C1)c1ccccc1. The van der Waals surface area contributed by atoms with Crippen LogP contribution in [0.4, 0.5) is 0 Å². The Morgan fingerprint density at radius 2 is 1.64 bits per heavy atom. The highest BCUT2D eigenvalue weighted by Crippen LogP contribution is 2.22. The molecule has 1 aromatic rings. The van der Waals surface area contributed by atoms with Crippen LogP contribution in [0.2, 0.25) is 0 Å². The van der Waals surface area contributed by atoms with Crippen molar-refractivity contribution in [3.8, 4) is 0 Å². The van der Waals surface area contributed by atoms with Gasteiger partial charge in [-0.25, -0.2) is 0 Å². The summed E-state index contributed by atoms with van der Waals surface area (Å²) in [5, 5.41) is 9.31. The summed E-state index contributed by atoms with van der Waals surface area (Å²) < 4.78 is 0. The van der Waals surface area contributed by atoms with Gasteiger partial charge in [-0.1, -0.05) is 54.6 Å². The van der Waals surface area contributed by atoms with Crippen molar-refractivity contribution in [3.63, 3.8) is 0 Å². The summed E-state index contributed by atoms with van der Waals surface area (Å²) in [4.78, 5) is 0. The third-order valence-corrected chi connectivity index (χ3v) is 2.29. The van der Waals surface area contributed by atoms with Crippen molar-refractivity contribution in [2.75, 3.05) is 6.61 Å². The molecule has 1 N–H and O–H groups in total. The van der Waals surface area contributed by atoms with Crippen molar-refractivity contribution in [1.82, 2.24) is 0 Å². The van der Waals surface area contributed by atoms with Crippen LogP contribution in [0.15, 0.2) is 60.2 Å². The molecule has 0 fully saturated rings. The van der Waals surface area contributed by atoms with Gasteiger partial charge in [0.05, 0.1) is 6.61 Å². The molecule has 70 valence electrons. The van der Waals surface area contributed by atoms with E-state index in [0.29, 0.717) is 0 Å². The summed E-state index contributed by atoms with van der Waals surface area (Å²) in [6, 6.07) is 9.96. The third-order valence-electron chi connectivity index (χ3n) is 2.29. The molecule has 1 aliphatic carbocycles. The minimum atomic E-state index is 0.0774. The molecule has 0 unspecified atom stereocenters. The van der Waals surface area contributed by atoms with Crippen LogP contribution in [0, 0.1) is 0 Å². The molecule has 0 radical (unpaired) electrons. The fourth-order valence-corrected chi connectivity index (χ4v) is 1.56. The molecule has 14 heavy (non-hydrogen) atoms. The number of benzene rings is 1. The van der Waals surface area contributed by atoms with E-state index in [1.54, 1.807) is 0 Å². The molecule has 1 aliphatic rings. The quantitative estimate of drug-likeness (QED) is 0.749. The number of aliphatic hydroxyl groups is 1. The van der Waals surface area contributed by atoms with Crippen LogP contribution in [-0.4, -0.2) is 11.7 Å². The molecule has 1 aromatic carbocycles. The second kappa shape index (κ2) is 4.07. The maximum absolute atomic E-state index is 9.31. The topological polar surface area (TPSA) is 20.2 Å². The van der Waals surface area contributed by atoms with Crippen molar-refractivity contribution in [2.24, 2.45) is 0 Å². The fourth-order valence-electron chi connectivity index (χ4n) is 1.56. The second-order valence-corrected chi connectivity index (χ2v) is 3.18. The van der Waals surface area contributed by atoms with Gasteiger partial charge < -0.3 is 5.11 Å². The summed E-state index contributed by atoms with van der Waals surface area (Å²) in [6.45, 7) is 0.0774. The molecule has 0 saturated carbocycles. The van der Waals surface area contributed by atoms with Crippen molar-refractivity contribution in [1.29, 1.82) is 0 Å². The van der Waals surface area contributed by atoms with E-state index >= 15 is 0 Å². The number of hydrogen-bond acceptors (Lipinski definition) is 1. The highest BCUT2D eigenvalue weighted by Gasteiger charge is 2.05. The number of rotatable bonds is 2. The molecule has 0 bridgehead atoms. The molecule has 1 nitrogen and oxygen atoms in total. The van der Waals surface area contributed by atoms with Crippen molar-refractivity contribution < 1.29 is 5.11 Å². The van der Waals surface area contributed by atoms with Gasteiger partial charge in [0.25, 0.3) is 0 Å². The summed E-state index contributed by atoms with van der Waals surface area (Å²) >= 11 is 0. The third kappa shape index (κ3) is 1.68. The lowest BCUT2D eigenvalue weighted by molar-refractivity contribution is 0.350. The highest BCUT2D eigenvalue weighted by molar-refractivity contribution is 5.75. The Hall–Kier alpha value is -1.60. The second-order valence-electron chi connectivity index (χ2n) is 3.18. The largest absolute Gasteiger partial charge is 0.392 e. The average molecular weight is 184 g/mol. The minimum Gasteiger partial charge on any atom is -0.392 e. The molecule has 0 aliphatic heterocycles. The Bertz CT molecular complexity index is 383. The van der Waals surface area contributed by atoms with Crippen LogP contribution < -0.4 is 0 Å². The van der Waals surface area contributed by atoms with Gasteiger partial charge in [0.15, 0.2) is 0 Å². The molecular weight excluding hydrogens is 172 g/mol. The predicted octanol–water partition coefficient (Wildman–Crippen LogP) is 2.56. The lowest BCUT2D eigenvalue weighted by Gasteiger charge is -2.06. The van der Waals surface area contributed by atoms with Gasteiger partial charge in [-0.2, -0.15) is 0 Å². The average Bonchev–Trinajstić information content (AvgIpc) is 2.74. The molecule has 0 atom stereocenters. The van der Waals surface area contributed by atoms with Crippen molar-refractivity contribution in [3.05, 3.63) is 65.8 Å². The smallest absolute Gasteiger partial charge is 0.0693 e. The Morgan fingerprint density at radius 1 is 1.00 bits per heavy atom. The van der Waals surface area contributed by atoms with Crippen LogP contribution in [-0.2, 0) is 0 Å². The maximum atomic E-state index is 9.31. The fraction of sp³-hybridized carbons (Fsp3) is 0.0769. The lowest BCUT2D eigenvalue weighted by Crippen LogP contribution is -1.92. The van der Waals surface area contributed by atoms with Gasteiger partial charge in [-0.3, -0.25) is 0 Å². The first kappa shape index (κ1) is 8.97.